The highest BCUT2D eigenvalue weighted by Crippen LogP contribution is 2.21. The molecule has 0 aliphatic carbocycles. The molecule has 0 fully saturated rings. The highest BCUT2D eigenvalue weighted by molar-refractivity contribution is 7.99. The fourth-order valence-corrected chi connectivity index (χ4v) is 2.36. The molecule has 94 valence electrons. The van der Waals surface area contributed by atoms with Crippen molar-refractivity contribution in [3.05, 3.63) is 17.6 Å². The van der Waals surface area contributed by atoms with Crippen molar-refractivity contribution in [2.75, 3.05) is 5.75 Å². The second-order valence-electron chi connectivity index (χ2n) is 3.68. The van der Waals surface area contributed by atoms with Crippen molar-refractivity contribution in [2.24, 2.45) is 10.9 Å². The first-order valence-electron chi connectivity index (χ1n) is 5.63. The largest absolute Gasteiger partial charge is 0.409 e. The van der Waals surface area contributed by atoms with Gasteiger partial charge in [-0.05, 0) is 19.1 Å². The van der Waals surface area contributed by atoms with Crippen molar-refractivity contribution in [1.82, 2.24) is 9.97 Å². The van der Waals surface area contributed by atoms with Crippen LogP contribution in [0.25, 0.3) is 0 Å². The molecule has 0 aliphatic rings. The lowest BCUT2D eigenvalue weighted by Crippen LogP contribution is -2.16. The lowest BCUT2D eigenvalue weighted by molar-refractivity contribution is 0.318. The summed E-state index contributed by atoms with van der Waals surface area (Å²) in [4.78, 5) is 8.38. The second kappa shape index (κ2) is 7.11. The molecule has 0 saturated heterocycles. The van der Waals surface area contributed by atoms with E-state index >= 15 is 0 Å². The van der Waals surface area contributed by atoms with Crippen LogP contribution in [0.3, 0.4) is 0 Å². The zero-order valence-electron chi connectivity index (χ0n) is 10.2. The molecule has 1 rings (SSSR count). The van der Waals surface area contributed by atoms with Crippen LogP contribution in [-0.4, -0.2) is 26.8 Å². The molecule has 5 nitrogen and oxygen atoms in total. The molecule has 1 heterocycles. The third kappa shape index (κ3) is 4.22. The van der Waals surface area contributed by atoms with E-state index in [0.29, 0.717) is 11.4 Å². The number of rotatable bonds is 6. The molecule has 0 bridgehead atoms. The Labute approximate surface area is 106 Å². The molecule has 0 spiro atoms. The van der Waals surface area contributed by atoms with Gasteiger partial charge in [0.25, 0.3) is 0 Å². The number of oxime groups is 1. The second-order valence-corrected chi connectivity index (χ2v) is 4.76. The summed E-state index contributed by atoms with van der Waals surface area (Å²) in [6.45, 7) is 3.99. The third-order valence-corrected chi connectivity index (χ3v) is 3.32. The van der Waals surface area contributed by atoms with Gasteiger partial charge >= 0.3 is 0 Å². The van der Waals surface area contributed by atoms with E-state index in [1.165, 1.54) is 12.8 Å². The normalized spacial score (nSPS) is 11.8. The number of hydrogen-bond donors (Lipinski definition) is 2. The van der Waals surface area contributed by atoms with Crippen LogP contribution in [0.5, 0.6) is 0 Å². The fraction of sp³-hybridized carbons (Fsp3) is 0.545. The fourth-order valence-electron chi connectivity index (χ4n) is 1.31. The van der Waals surface area contributed by atoms with E-state index in [4.69, 9.17) is 10.9 Å². The Hall–Kier alpha value is -1.30. The van der Waals surface area contributed by atoms with Crippen molar-refractivity contribution < 1.29 is 5.21 Å². The van der Waals surface area contributed by atoms with Gasteiger partial charge in [-0.25, -0.2) is 9.97 Å². The van der Waals surface area contributed by atoms with Crippen LogP contribution >= 0.6 is 11.8 Å². The summed E-state index contributed by atoms with van der Waals surface area (Å²) < 4.78 is 0. The Kier molecular flexibility index (Phi) is 5.76. The summed E-state index contributed by atoms with van der Waals surface area (Å²) in [5, 5.41) is 12.5. The average Bonchev–Trinajstić information content (AvgIpc) is 2.34. The summed E-state index contributed by atoms with van der Waals surface area (Å²) in [5.74, 6) is 1.73. The van der Waals surface area contributed by atoms with E-state index in [2.05, 4.69) is 22.0 Å². The van der Waals surface area contributed by atoms with Gasteiger partial charge in [0.2, 0.25) is 0 Å². The minimum atomic E-state index is 0.0583. The molecule has 6 heteroatoms. The number of aromatic nitrogens is 2. The van der Waals surface area contributed by atoms with Gasteiger partial charge in [-0.3, -0.25) is 0 Å². The number of thioether (sulfide) groups is 1. The van der Waals surface area contributed by atoms with Crippen molar-refractivity contribution in [3.63, 3.8) is 0 Å². The SMILES string of the molecule is CCCCCSc1nc(C)ncc1C(N)=NO. The van der Waals surface area contributed by atoms with Gasteiger partial charge in [0, 0.05) is 6.20 Å². The maximum absolute atomic E-state index is 8.69. The standard InChI is InChI=1S/C11H18N4OS/c1-3-4-5-6-17-11-9(10(12)15-16)7-13-8(2)14-11/h7,16H,3-6H2,1-2H3,(H2,12,15). The molecule has 17 heavy (non-hydrogen) atoms. The van der Waals surface area contributed by atoms with E-state index < -0.39 is 0 Å². The number of nitrogens with zero attached hydrogens (tertiary/aromatic N) is 3. The molecular weight excluding hydrogens is 236 g/mol. The van der Waals surface area contributed by atoms with Crippen molar-refractivity contribution in [3.8, 4) is 0 Å². The van der Waals surface area contributed by atoms with Crippen molar-refractivity contribution >= 4 is 17.6 Å². The van der Waals surface area contributed by atoms with Gasteiger partial charge in [0.1, 0.15) is 10.9 Å². The highest BCUT2D eigenvalue weighted by atomic mass is 32.2. The van der Waals surface area contributed by atoms with E-state index in [1.54, 1.807) is 18.0 Å². The minimum absolute atomic E-state index is 0.0583. The smallest absolute Gasteiger partial charge is 0.174 e. The molecular formula is C11H18N4OS. The summed E-state index contributed by atoms with van der Waals surface area (Å²) in [6.07, 6.45) is 5.13. The number of amidine groups is 1. The number of aryl methyl sites for hydroxylation is 1. The first-order valence-corrected chi connectivity index (χ1v) is 6.62. The molecule has 3 N–H and O–H groups in total. The zero-order chi connectivity index (χ0) is 12.7. The highest BCUT2D eigenvalue weighted by Gasteiger charge is 2.10. The van der Waals surface area contributed by atoms with Crippen molar-refractivity contribution in [2.45, 2.75) is 38.1 Å². The summed E-state index contributed by atoms with van der Waals surface area (Å²) in [5.41, 5.74) is 6.18. The molecule has 0 radical (unpaired) electrons. The maximum Gasteiger partial charge on any atom is 0.174 e. The van der Waals surface area contributed by atoms with E-state index in [0.717, 1.165) is 17.2 Å². The Morgan fingerprint density at radius 2 is 2.29 bits per heavy atom. The van der Waals surface area contributed by atoms with Crippen LogP contribution in [0.2, 0.25) is 0 Å². The van der Waals surface area contributed by atoms with Gasteiger partial charge in [-0.1, -0.05) is 24.9 Å². The molecule has 0 amide bonds. The van der Waals surface area contributed by atoms with Gasteiger partial charge in [0.05, 0.1) is 5.56 Å². The molecule has 0 atom stereocenters. The minimum Gasteiger partial charge on any atom is -0.409 e. The van der Waals surface area contributed by atoms with Crippen LogP contribution in [0.15, 0.2) is 16.4 Å². The van der Waals surface area contributed by atoms with Gasteiger partial charge in [-0.15, -0.1) is 11.8 Å². The topological polar surface area (TPSA) is 84.4 Å². The maximum atomic E-state index is 8.69. The average molecular weight is 254 g/mol. The van der Waals surface area contributed by atoms with Crippen LogP contribution < -0.4 is 5.73 Å². The number of unbranched alkanes of at least 4 members (excludes halogenated alkanes) is 2. The predicted molar refractivity (Wildman–Crippen MR) is 69.5 cm³/mol. The van der Waals surface area contributed by atoms with Crippen molar-refractivity contribution in [1.29, 1.82) is 0 Å². The predicted octanol–water partition coefficient (Wildman–Crippen LogP) is 2.16. The zero-order valence-corrected chi connectivity index (χ0v) is 11.0. The molecule has 0 unspecified atom stereocenters. The Morgan fingerprint density at radius 3 is 2.94 bits per heavy atom. The van der Waals surface area contributed by atoms with Crippen LogP contribution in [-0.2, 0) is 0 Å². The molecule has 1 aromatic rings. The van der Waals surface area contributed by atoms with E-state index in [9.17, 15) is 0 Å². The summed E-state index contributed by atoms with van der Waals surface area (Å²) in [6, 6.07) is 0. The number of hydrogen-bond acceptors (Lipinski definition) is 5. The van der Waals surface area contributed by atoms with Gasteiger partial charge in [-0.2, -0.15) is 0 Å². The Balaban J connectivity index is 2.77. The Bertz CT molecular complexity index is 395. The molecule has 0 saturated carbocycles. The summed E-state index contributed by atoms with van der Waals surface area (Å²) in [7, 11) is 0. The van der Waals surface area contributed by atoms with E-state index in [1.807, 2.05) is 6.92 Å². The molecule has 0 aromatic carbocycles. The van der Waals surface area contributed by atoms with E-state index in [-0.39, 0.29) is 5.84 Å². The molecule has 1 aromatic heterocycles. The Morgan fingerprint density at radius 1 is 1.53 bits per heavy atom. The van der Waals surface area contributed by atoms with Gasteiger partial charge < -0.3 is 10.9 Å². The number of nitrogens with two attached hydrogens (primary N) is 1. The molecule has 0 aliphatic heterocycles. The lowest BCUT2D eigenvalue weighted by atomic mass is 10.3. The monoisotopic (exact) mass is 254 g/mol. The van der Waals surface area contributed by atoms with Crippen LogP contribution in [0.4, 0.5) is 0 Å². The van der Waals surface area contributed by atoms with Crippen LogP contribution in [0, 0.1) is 6.92 Å². The van der Waals surface area contributed by atoms with Crippen LogP contribution in [0.1, 0.15) is 37.6 Å². The quantitative estimate of drug-likeness (QED) is 0.154. The first kappa shape index (κ1) is 13.8. The third-order valence-electron chi connectivity index (χ3n) is 2.24. The first-order chi connectivity index (χ1) is 8.19. The summed E-state index contributed by atoms with van der Waals surface area (Å²) >= 11 is 1.62. The lowest BCUT2D eigenvalue weighted by Gasteiger charge is -2.07. The van der Waals surface area contributed by atoms with Gasteiger partial charge in [0.15, 0.2) is 5.84 Å².